The Bertz CT molecular complexity index is 112. The second-order valence-electron chi connectivity index (χ2n) is 4.44. The zero-order chi connectivity index (χ0) is 9.12. The van der Waals surface area contributed by atoms with Gasteiger partial charge in [0, 0.05) is 0 Å². The Morgan fingerprint density at radius 2 is 1.08 bits per heavy atom. The summed E-state index contributed by atoms with van der Waals surface area (Å²) < 4.78 is 5.06. The summed E-state index contributed by atoms with van der Waals surface area (Å²) in [4.78, 5) is 0. The van der Waals surface area contributed by atoms with Crippen LogP contribution in [0, 0.1) is 0 Å². The third-order valence-electron chi connectivity index (χ3n) is 2.34. The van der Waals surface area contributed by atoms with Crippen molar-refractivity contribution < 1.29 is 51.4 Å². The quantitative estimate of drug-likeness (QED) is 0.632. The van der Waals surface area contributed by atoms with E-state index in [9.17, 15) is 0 Å². The van der Waals surface area contributed by atoms with Crippen LogP contribution in [0.2, 0.25) is 38.3 Å². The van der Waals surface area contributed by atoms with Gasteiger partial charge in [-0.15, -0.1) is 0 Å². The van der Waals surface area contributed by atoms with Crippen LogP contribution in [0.5, 0.6) is 0 Å². The van der Waals surface area contributed by atoms with Gasteiger partial charge in [0.15, 0.2) is 0 Å². The van der Waals surface area contributed by atoms with E-state index in [1.807, 2.05) is 0 Å². The second-order valence-corrected chi connectivity index (χ2v) is 14.0. The fourth-order valence-corrected chi connectivity index (χ4v) is 8.80. The van der Waals surface area contributed by atoms with Crippen molar-refractivity contribution in [1.29, 1.82) is 0 Å². The van der Waals surface area contributed by atoms with E-state index in [1.54, 1.807) is 0 Å². The summed E-state index contributed by atoms with van der Waals surface area (Å²) >= 11 is 0. The van der Waals surface area contributed by atoms with Crippen LogP contribution >= 0.6 is 0 Å². The summed E-state index contributed by atoms with van der Waals surface area (Å²) in [5, 5.41) is 0. The summed E-state index contributed by atoms with van der Waals surface area (Å²) in [7, 11) is -2.29. The Morgan fingerprint density at radius 1 is 0.833 bits per heavy atom. The first-order valence-electron chi connectivity index (χ1n) is 4.57. The first-order chi connectivity index (χ1) is 4.83. The fourth-order valence-electron chi connectivity index (χ4n) is 0.977. The van der Waals surface area contributed by atoms with Crippen molar-refractivity contribution in [1.82, 2.24) is 0 Å². The van der Waals surface area contributed by atoms with Crippen molar-refractivity contribution in [3.63, 3.8) is 0 Å². The van der Waals surface area contributed by atoms with Gasteiger partial charge in [-0.3, -0.25) is 0 Å². The van der Waals surface area contributed by atoms with Crippen LogP contribution in [0.4, 0.5) is 0 Å². The fraction of sp³-hybridized carbons (Fsp3) is 1.00. The predicted molar refractivity (Wildman–Crippen MR) is 59.3 cm³/mol. The van der Waals surface area contributed by atoms with Gasteiger partial charge in [0.05, 0.1) is 0 Å². The summed E-state index contributed by atoms with van der Waals surface area (Å²) in [5.74, 6) is 0. The molecule has 4 heteroatoms. The molecule has 0 heterocycles. The Morgan fingerprint density at radius 3 is 1.25 bits per heavy atom. The van der Waals surface area contributed by atoms with Crippen LogP contribution < -0.4 is 51.4 Å². The molecule has 0 fully saturated rings. The molecule has 0 aliphatic heterocycles. The average molecular weight is 228 g/mol. The Labute approximate surface area is 123 Å². The van der Waals surface area contributed by atoms with E-state index in [4.69, 9.17) is 4.65 Å². The van der Waals surface area contributed by atoms with Crippen molar-refractivity contribution in [3.8, 4) is 0 Å². The molecule has 0 atom stereocenters. The zero-order valence-corrected chi connectivity index (χ0v) is 15.0. The van der Waals surface area contributed by atoms with Crippen molar-refractivity contribution in [3.05, 3.63) is 4.65 Å². The molecule has 0 aliphatic carbocycles. The van der Waals surface area contributed by atoms with Gasteiger partial charge in [-0.2, -0.15) is 0 Å². The molecule has 0 rings (SSSR count). The monoisotopic (exact) mass is 227 g/mol. The number of nitrogens with zero attached hydrogens (tertiary/aromatic N) is 1. The van der Waals surface area contributed by atoms with Crippen molar-refractivity contribution >= 4 is 16.5 Å². The van der Waals surface area contributed by atoms with Crippen LogP contribution in [0.25, 0.3) is 4.65 Å². The minimum Gasteiger partial charge on any atom is -0.667 e. The predicted octanol–water partition coefficient (Wildman–Crippen LogP) is 0.814. The standard InChI is InChI=1S/C8H22NSi2.K/c1-7-10(3,4)9-11(5,6)8-2;/h7-8H2,1-6H3;/q-1;+1. The van der Waals surface area contributed by atoms with Crippen LogP contribution in [0.15, 0.2) is 0 Å². The van der Waals surface area contributed by atoms with Gasteiger partial charge in [0.2, 0.25) is 0 Å². The molecule has 0 aromatic heterocycles. The number of hydrogen-bond acceptors (Lipinski definition) is 0. The second kappa shape index (κ2) is 6.50. The summed E-state index contributed by atoms with van der Waals surface area (Å²) in [6.45, 7) is 14.0. The molecule has 0 radical (unpaired) electrons. The maximum absolute atomic E-state index is 5.06. The zero-order valence-electron chi connectivity index (χ0n) is 9.86. The van der Waals surface area contributed by atoms with E-state index < -0.39 is 16.5 Å². The summed E-state index contributed by atoms with van der Waals surface area (Å²) in [6, 6.07) is 2.59. The molecule has 0 aliphatic rings. The summed E-state index contributed by atoms with van der Waals surface area (Å²) in [5.41, 5.74) is 0. The molecule has 0 saturated carbocycles. The third kappa shape index (κ3) is 7.44. The Balaban J connectivity index is 0. The number of hydrogen-bond donors (Lipinski definition) is 0. The number of rotatable bonds is 4. The minimum absolute atomic E-state index is 0. The molecule has 0 unspecified atom stereocenters. The maximum Gasteiger partial charge on any atom is 1.00 e. The van der Waals surface area contributed by atoms with Gasteiger partial charge < -0.3 is 4.65 Å². The molecule has 1 nitrogen and oxygen atoms in total. The van der Waals surface area contributed by atoms with Gasteiger partial charge in [0.1, 0.15) is 0 Å². The van der Waals surface area contributed by atoms with Crippen LogP contribution in [-0.4, -0.2) is 16.5 Å². The van der Waals surface area contributed by atoms with Crippen LogP contribution in [0.1, 0.15) is 13.8 Å². The average Bonchev–Trinajstić information content (AvgIpc) is 1.86. The van der Waals surface area contributed by atoms with Gasteiger partial charge in [0.25, 0.3) is 0 Å². The van der Waals surface area contributed by atoms with Gasteiger partial charge in [-0.25, -0.2) is 0 Å². The molecule has 68 valence electrons. The molecule has 0 N–H and O–H groups in total. The van der Waals surface area contributed by atoms with Gasteiger partial charge in [-0.05, 0) is 0 Å². The molecular formula is C8H22KNSi2. The van der Waals surface area contributed by atoms with E-state index in [0.29, 0.717) is 0 Å². The van der Waals surface area contributed by atoms with E-state index in [2.05, 4.69) is 40.0 Å². The van der Waals surface area contributed by atoms with Crippen LogP contribution in [0.3, 0.4) is 0 Å². The normalized spacial score (nSPS) is 12.5. The van der Waals surface area contributed by atoms with Crippen molar-refractivity contribution in [2.75, 3.05) is 0 Å². The third-order valence-corrected chi connectivity index (χ3v) is 10.6. The molecule has 0 bridgehead atoms. The molecule has 0 amide bonds. The van der Waals surface area contributed by atoms with Crippen LogP contribution in [-0.2, 0) is 0 Å². The maximum atomic E-state index is 5.06. The molecule has 0 spiro atoms. The van der Waals surface area contributed by atoms with E-state index in [-0.39, 0.29) is 51.4 Å². The van der Waals surface area contributed by atoms with Gasteiger partial charge in [-0.1, -0.05) is 68.6 Å². The van der Waals surface area contributed by atoms with Crippen molar-refractivity contribution in [2.24, 2.45) is 0 Å². The topological polar surface area (TPSA) is 14.1 Å². The summed E-state index contributed by atoms with van der Waals surface area (Å²) in [6.07, 6.45) is 0. The smallest absolute Gasteiger partial charge is 0.667 e. The van der Waals surface area contributed by atoms with Crippen molar-refractivity contribution in [2.45, 2.75) is 52.1 Å². The molecule has 12 heavy (non-hydrogen) atoms. The molecule has 0 saturated heterocycles. The van der Waals surface area contributed by atoms with Gasteiger partial charge >= 0.3 is 51.4 Å². The van der Waals surface area contributed by atoms with E-state index in [0.717, 1.165) is 0 Å². The first-order valence-corrected chi connectivity index (χ1v) is 10.9. The Kier molecular flexibility index (Phi) is 8.92. The van der Waals surface area contributed by atoms with E-state index in [1.165, 1.54) is 12.1 Å². The Hall–Kier alpha value is 2.03. The molecular weight excluding hydrogens is 205 g/mol. The molecule has 0 aromatic rings. The largest absolute Gasteiger partial charge is 1.00 e. The molecule has 0 aromatic carbocycles. The SMILES string of the molecule is CC[Si](C)(C)[N-][Si](C)(C)CC.[K+]. The minimum atomic E-state index is -1.15. The first kappa shape index (κ1) is 16.5. The van der Waals surface area contributed by atoms with E-state index >= 15 is 0 Å².